The van der Waals surface area contributed by atoms with Gasteiger partial charge in [-0.25, -0.2) is 4.98 Å². The van der Waals surface area contributed by atoms with Crippen LogP contribution < -0.4 is 5.43 Å². The van der Waals surface area contributed by atoms with Gasteiger partial charge in [-0.3, -0.25) is 14.2 Å². The molecule has 0 saturated carbocycles. The smallest absolute Gasteiger partial charge is 0.211 e. The topological polar surface area (TPSA) is 61.2 Å². The molecule has 5 rings (SSSR count). The molecule has 0 amide bonds. The molecule has 0 saturated heterocycles. The van der Waals surface area contributed by atoms with Crippen LogP contribution >= 0.6 is 23.1 Å². The summed E-state index contributed by atoms with van der Waals surface area (Å²) in [6.45, 7) is 4.43. The summed E-state index contributed by atoms with van der Waals surface area (Å²) in [5.41, 5.74) is 2.45. The zero-order valence-corrected chi connectivity index (χ0v) is 19.5. The lowest BCUT2D eigenvalue weighted by Gasteiger charge is -2.30. The second kappa shape index (κ2) is 8.31. The van der Waals surface area contributed by atoms with Gasteiger partial charge < -0.3 is 4.74 Å². The highest BCUT2D eigenvalue weighted by molar-refractivity contribution is 7.99. The van der Waals surface area contributed by atoms with Gasteiger partial charge in [-0.2, -0.15) is 0 Å². The number of aromatic nitrogens is 2. The monoisotopic (exact) mass is 462 g/mol. The van der Waals surface area contributed by atoms with Crippen molar-refractivity contribution in [2.45, 2.75) is 37.6 Å². The first-order chi connectivity index (χ1) is 15.4. The fourth-order valence-corrected chi connectivity index (χ4v) is 5.97. The molecule has 3 heterocycles. The molecular formula is C25H22N2O3S2. The molecule has 0 radical (unpaired) electrons. The summed E-state index contributed by atoms with van der Waals surface area (Å²) in [7, 11) is 0. The summed E-state index contributed by atoms with van der Waals surface area (Å²) in [5, 5.41) is 0.645. The van der Waals surface area contributed by atoms with Crippen molar-refractivity contribution in [2.75, 3.05) is 5.75 Å². The van der Waals surface area contributed by atoms with Crippen LogP contribution in [0.1, 0.15) is 34.6 Å². The molecule has 5 nitrogen and oxygen atoms in total. The number of hydrogen-bond acceptors (Lipinski definition) is 6. The Bertz CT molecular complexity index is 1360. The number of ether oxygens (including phenoxy) is 1. The number of nitrogens with zero attached hydrogens (tertiary/aromatic N) is 2. The molecule has 0 fully saturated rings. The molecule has 4 aromatic rings. The van der Waals surface area contributed by atoms with Crippen LogP contribution in [0.2, 0.25) is 0 Å². The third-order valence-electron chi connectivity index (χ3n) is 5.49. The third-order valence-corrected chi connectivity index (χ3v) is 7.61. The van der Waals surface area contributed by atoms with Crippen molar-refractivity contribution in [1.82, 2.24) is 9.55 Å². The Labute approximate surface area is 194 Å². The Morgan fingerprint density at radius 1 is 1.12 bits per heavy atom. The fraction of sp³-hybridized carbons (Fsp3) is 0.240. The summed E-state index contributed by atoms with van der Waals surface area (Å²) in [5.74, 6) is 0.275. The molecule has 0 bridgehead atoms. The van der Waals surface area contributed by atoms with Gasteiger partial charge in [0.1, 0.15) is 10.3 Å². The number of para-hydroxylation sites is 1. The van der Waals surface area contributed by atoms with Crippen molar-refractivity contribution in [1.29, 1.82) is 0 Å². The van der Waals surface area contributed by atoms with E-state index in [1.807, 2.05) is 79.1 Å². The summed E-state index contributed by atoms with van der Waals surface area (Å²) in [6, 6.07) is 19.1. The first-order valence-electron chi connectivity index (χ1n) is 10.4. The molecular weight excluding hydrogens is 440 g/mol. The first kappa shape index (κ1) is 21.1. The lowest BCUT2D eigenvalue weighted by Crippen LogP contribution is -2.34. The predicted molar refractivity (Wildman–Crippen MR) is 129 cm³/mol. The minimum absolute atomic E-state index is 0.0303. The standard InChI is InChI=1S/C25H22N2O3S2/c1-25(2)13-18-20(14-30-25)32-23-21(22(18)29)26-24(27(23)17-11-7-4-8-12-17)31-15-19(28)16-9-5-3-6-10-16/h3-12H,13-15H2,1-2H3. The van der Waals surface area contributed by atoms with Gasteiger partial charge in [-0.05, 0) is 26.0 Å². The summed E-state index contributed by atoms with van der Waals surface area (Å²) < 4.78 is 7.96. The minimum Gasteiger partial charge on any atom is -0.370 e. The quantitative estimate of drug-likeness (QED) is 0.299. The number of carbonyl (C=O) groups excluding carboxylic acids is 1. The Morgan fingerprint density at radius 3 is 2.53 bits per heavy atom. The molecule has 0 unspecified atom stereocenters. The summed E-state index contributed by atoms with van der Waals surface area (Å²) >= 11 is 2.91. The second-order valence-electron chi connectivity index (χ2n) is 8.36. The van der Waals surface area contributed by atoms with Crippen LogP contribution in [0.15, 0.2) is 70.6 Å². The van der Waals surface area contributed by atoms with E-state index in [0.717, 1.165) is 21.0 Å². The van der Waals surface area contributed by atoms with Crippen molar-refractivity contribution in [2.24, 2.45) is 0 Å². The number of rotatable bonds is 5. The van der Waals surface area contributed by atoms with Gasteiger partial charge in [0, 0.05) is 28.1 Å². The van der Waals surface area contributed by atoms with Crippen LogP contribution in [-0.2, 0) is 17.8 Å². The molecule has 162 valence electrons. The molecule has 0 spiro atoms. The highest BCUT2D eigenvalue weighted by Gasteiger charge is 2.31. The molecule has 0 atom stereocenters. The Kier molecular flexibility index (Phi) is 5.49. The molecule has 2 aromatic carbocycles. The van der Waals surface area contributed by atoms with Crippen LogP contribution in [0.5, 0.6) is 0 Å². The van der Waals surface area contributed by atoms with Crippen LogP contribution in [0.25, 0.3) is 16.0 Å². The molecule has 2 aromatic heterocycles. The number of hydrogen-bond donors (Lipinski definition) is 0. The summed E-state index contributed by atoms with van der Waals surface area (Å²) in [4.78, 5) is 32.6. The van der Waals surface area contributed by atoms with Gasteiger partial charge in [-0.1, -0.05) is 60.3 Å². The van der Waals surface area contributed by atoms with Crippen LogP contribution in [0.4, 0.5) is 0 Å². The van der Waals surface area contributed by atoms with Gasteiger partial charge in [-0.15, -0.1) is 11.3 Å². The van der Waals surface area contributed by atoms with Crippen molar-refractivity contribution < 1.29 is 9.53 Å². The van der Waals surface area contributed by atoms with Crippen LogP contribution in [0.3, 0.4) is 0 Å². The van der Waals surface area contributed by atoms with E-state index in [1.54, 1.807) is 11.3 Å². The number of imidazole rings is 1. The van der Waals surface area contributed by atoms with Gasteiger partial charge in [0.25, 0.3) is 0 Å². The number of carbonyl (C=O) groups is 1. The molecule has 7 heteroatoms. The van der Waals surface area contributed by atoms with Crippen molar-refractivity contribution in [3.05, 3.63) is 86.9 Å². The number of ketones is 1. The summed E-state index contributed by atoms with van der Waals surface area (Å²) in [6.07, 6.45) is 0.570. The average molecular weight is 463 g/mol. The first-order valence-corrected chi connectivity index (χ1v) is 12.2. The predicted octanol–water partition coefficient (Wildman–Crippen LogP) is 5.27. The lowest BCUT2D eigenvalue weighted by molar-refractivity contribution is -0.0386. The zero-order valence-electron chi connectivity index (χ0n) is 17.8. The second-order valence-corrected chi connectivity index (χ2v) is 10.4. The third kappa shape index (κ3) is 3.92. The van der Waals surface area contributed by atoms with E-state index >= 15 is 0 Å². The van der Waals surface area contributed by atoms with E-state index in [0.29, 0.717) is 29.3 Å². The Hall–Kier alpha value is -2.74. The maximum atomic E-state index is 13.4. The van der Waals surface area contributed by atoms with E-state index < -0.39 is 0 Å². The number of Topliss-reactive ketones (excluding diaryl/α,β-unsaturated/α-hetero) is 1. The van der Waals surface area contributed by atoms with E-state index in [1.165, 1.54) is 11.8 Å². The van der Waals surface area contributed by atoms with E-state index in [-0.39, 0.29) is 22.6 Å². The van der Waals surface area contributed by atoms with E-state index in [2.05, 4.69) is 0 Å². The van der Waals surface area contributed by atoms with Gasteiger partial charge in [0.05, 0.1) is 18.0 Å². The highest BCUT2D eigenvalue weighted by Crippen LogP contribution is 2.35. The van der Waals surface area contributed by atoms with E-state index in [9.17, 15) is 9.59 Å². The molecule has 0 N–H and O–H groups in total. The fourth-order valence-electron chi connectivity index (χ4n) is 3.85. The minimum atomic E-state index is -0.367. The molecule has 0 aliphatic carbocycles. The van der Waals surface area contributed by atoms with Crippen LogP contribution in [-0.4, -0.2) is 26.7 Å². The van der Waals surface area contributed by atoms with Crippen molar-refractivity contribution >= 4 is 39.2 Å². The van der Waals surface area contributed by atoms with Gasteiger partial charge in [0.2, 0.25) is 5.43 Å². The zero-order chi connectivity index (χ0) is 22.3. The Balaban J connectivity index is 1.61. The van der Waals surface area contributed by atoms with E-state index in [4.69, 9.17) is 9.72 Å². The number of fused-ring (bicyclic) bond motifs is 2. The maximum absolute atomic E-state index is 13.4. The molecule has 1 aliphatic heterocycles. The van der Waals surface area contributed by atoms with Crippen molar-refractivity contribution in [3.63, 3.8) is 0 Å². The van der Waals surface area contributed by atoms with Gasteiger partial charge in [0.15, 0.2) is 10.9 Å². The maximum Gasteiger partial charge on any atom is 0.211 e. The number of benzene rings is 2. The average Bonchev–Trinajstić information content (AvgIpc) is 3.17. The largest absolute Gasteiger partial charge is 0.370 e. The Morgan fingerprint density at radius 2 is 1.81 bits per heavy atom. The van der Waals surface area contributed by atoms with Gasteiger partial charge >= 0.3 is 0 Å². The number of thioether (sulfide) groups is 1. The molecule has 32 heavy (non-hydrogen) atoms. The molecule has 1 aliphatic rings. The lowest BCUT2D eigenvalue weighted by atomic mass is 9.95. The SMILES string of the molecule is CC1(C)Cc2c(sc3c(nc(SCC(=O)c4ccccc4)n3-c3ccccc3)c2=O)CO1. The highest BCUT2D eigenvalue weighted by atomic mass is 32.2. The van der Waals surface area contributed by atoms with Crippen LogP contribution in [0, 0.1) is 0 Å². The van der Waals surface area contributed by atoms with Crippen molar-refractivity contribution in [3.8, 4) is 5.69 Å². The normalized spacial score (nSPS) is 14.9.